The molecule has 0 N–H and O–H groups in total. The van der Waals surface area contributed by atoms with E-state index >= 15 is 0 Å². The van der Waals surface area contributed by atoms with Gasteiger partial charge < -0.3 is 9.64 Å². The Morgan fingerprint density at radius 3 is 2.94 bits per heavy atom. The van der Waals surface area contributed by atoms with E-state index in [0.29, 0.717) is 12.6 Å². The number of hydrogen-bond acceptors (Lipinski definition) is 3. The summed E-state index contributed by atoms with van der Waals surface area (Å²) < 4.78 is 6.53. The number of nitrogens with zero attached hydrogens (tertiary/aromatic N) is 1. The van der Waals surface area contributed by atoms with Crippen LogP contribution in [0.4, 0.5) is 5.69 Å². The number of carbonyl (C=O) groups is 1. The van der Waals surface area contributed by atoms with Gasteiger partial charge in [-0.3, -0.25) is 4.79 Å². The highest BCUT2D eigenvalue weighted by atomic mass is 79.9. The van der Waals surface area contributed by atoms with Crippen LogP contribution >= 0.6 is 15.9 Å². The second-order valence-electron chi connectivity index (χ2n) is 4.47. The molecule has 0 radical (unpaired) electrons. The van der Waals surface area contributed by atoms with Gasteiger partial charge in [-0.1, -0.05) is 15.9 Å². The molecule has 4 heteroatoms. The average Bonchev–Trinajstić information content (AvgIpc) is 2.32. The number of halogens is 1. The molecule has 1 aromatic carbocycles. The molecule has 0 spiro atoms. The summed E-state index contributed by atoms with van der Waals surface area (Å²) in [5.74, 6) is 0. The fourth-order valence-corrected chi connectivity index (χ4v) is 2.50. The number of hydrogen-bond donors (Lipinski definition) is 0. The van der Waals surface area contributed by atoms with Crippen molar-refractivity contribution in [1.29, 1.82) is 0 Å². The van der Waals surface area contributed by atoms with Crippen LogP contribution in [0.5, 0.6) is 0 Å². The van der Waals surface area contributed by atoms with E-state index in [2.05, 4.69) is 34.7 Å². The maximum atomic E-state index is 11.1. The number of morpholine rings is 1. The third-order valence-electron chi connectivity index (χ3n) is 3.03. The van der Waals surface area contributed by atoms with Crippen molar-refractivity contribution in [3.8, 4) is 0 Å². The minimum absolute atomic E-state index is 0.203. The standard InChI is InChI=1S/C13H16BrNO2/c1-9-8-17-10(2)6-15(9)13-4-3-12(14)5-11(13)7-16/h3-5,7,9-10H,6,8H2,1-2H3. The Morgan fingerprint density at radius 1 is 1.47 bits per heavy atom. The van der Waals surface area contributed by atoms with Crippen molar-refractivity contribution in [1.82, 2.24) is 0 Å². The number of ether oxygens (including phenoxy) is 1. The SMILES string of the molecule is CC1CN(c2ccc(Br)cc2C=O)C(C)CO1. The predicted molar refractivity (Wildman–Crippen MR) is 71.8 cm³/mol. The van der Waals surface area contributed by atoms with Gasteiger partial charge >= 0.3 is 0 Å². The zero-order valence-corrected chi connectivity index (χ0v) is 11.6. The van der Waals surface area contributed by atoms with Crippen molar-refractivity contribution >= 4 is 27.9 Å². The maximum Gasteiger partial charge on any atom is 0.152 e. The Balaban J connectivity index is 2.34. The third kappa shape index (κ3) is 2.69. The number of carbonyl (C=O) groups excluding carboxylic acids is 1. The van der Waals surface area contributed by atoms with E-state index < -0.39 is 0 Å². The molecule has 1 fully saturated rings. The zero-order valence-electron chi connectivity index (χ0n) is 10.0. The fraction of sp³-hybridized carbons (Fsp3) is 0.462. The highest BCUT2D eigenvalue weighted by Crippen LogP contribution is 2.27. The molecule has 2 rings (SSSR count). The first-order valence-electron chi connectivity index (χ1n) is 5.75. The summed E-state index contributed by atoms with van der Waals surface area (Å²) in [5.41, 5.74) is 1.71. The van der Waals surface area contributed by atoms with E-state index in [1.54, 1.807) is 0 Å². The van der Waals surface area contributed by atoms with E-state index in [1.807, 2.05) is 18.2 Å². The summed E-state index contributed by atoms with van der Waals surface area (Å²) in [6.07, 6.45) is 1.11. The van der Waals surface area contributed by atoms with E-state index in [1.165, 1.54) is 0 Å². The molecular weight excluding hydrogens is 282 g/mol. The summed E-state index contributed by atoms with van der Waals surface area (Å²) in [4.78, 5) is 13.4. The second-order valence-corrected chi connectivity index (χ2v) is 5.38. The second kappa shape index (κ2) is 5.19. The van der Waals surface area contributed by atoms with Crippen molar-refractivity contribution in [2.75, 3.05) is 18.1 Å². The van der Waals surface area contributed by atoms with Gasteiger partial charge in [-0.2, -0.15) is 0 Å². The lowest BCUT2D eigenvalue weighted by atomic mass is 10.1. The van der Waals surface area contributed by atoms with Crippen LogP contribution in [-0.2, 0) is 4.74 Å². The minimum Gasteiger partial charge on any atom is -0.375 e. The predicted octanol–water partition coefficient (Wildman–Crippen LogP) is 2.88. The van der Waals surface area contributed by atoms with Gasteiger partial charge in [-0.25, -0.2) is 0 Å². The number of aldehydes is 1. The quantitative estimate of drug-likeness (QED) is 0.786. The zero-order chi connectivity index (χ0) is 12.4. The van der Waals surface area contributed by atoms with Crippen LogP contribution < -0.4 is 4.90 Å². The molecule has 1 aliphatic heterocycles. The van der Waals surface area contributed by atoms with Gasteiger partial charge in [0.15, 0.2) is 6.29 Å². The molecule has 92 valence electrons. The molecular formula is C13H16BrNO2. The number of anilines is 1. The highest BCUT2D eigenvalue weighted by Gasteiger charge is 2.25. The number of rotatable bonds is 2. The van der Waals surface area contributed by atoms with Gasteiger partial charge in [-0.05, 0) is 32.0 Å². The van der Waals surface area contributed by atoms with Gasteiger partial charge in [0.05, 0.1) is 12.7 Å². The van der Waals surface area contributed by atoms with Crippen molar-refractivity contribution < 1.29 is 9.53 Å². The average molecular weight is 298 g/mol. The molecule has 17 heavy (non-hydrogen) atoms. The van der Waals surface area contributed by atoms with Gasteiger partial charge in [0.2, 0.25) is 0 Å². The molecule has 0 aliphatic carbocycles. The molecule has 0 saturated carbocycles. The van der Waals surface area contributed by atoms with Gasteiger partial charge in [0.25, 0.3) is 0 Å². The summed E-state index contributed by atoms with van der Waals surface area (Å²) in [6.45, 7) is 5.69. The lowest BCUT2D eigenvalue weighted by Crippen LogP contribution is -2.47. The van der Waals surface area contributed by atoms with Crippen molar-refractivity contribution in [3.05, 3.63) is 28.2 Å². The molecule has 0 aromatic heterocycles. The number of benzene rings is 1. The van der Waals surface area contributed by atoms with E-state index in [9.17, 15) is 4.79 Å². The Labute approximate surface area is 110 Å². The molecule has 1 heterocycles. The molecule has 1 aliphatic rings. The van der Waals surface area contributed by atoms with Crippen LogP contribution in [0.25, 0.3) is 0 Å². The fourth-order valence-electron chi connectivity index (χ4n) is 2.12. The largest absolute Gasteiger partial charge is 0.375 e. The van der Waals surface area contributed by atoms with Crippen LogP contribution in [0.2, 0.25) is 0 Å². The van der Waals surface area contributed by atoms with Crippen LogP contribution in [-0.4, -0.2) is 31.6 Å². The lowest BCUT2D eigenvalue weighted by Gasteiger charge is -2.39. The molecule has 0 bridgehead atoms. The smallest absolute Gasteiger partial charge is 0.152 e. The van der Waals surface area contributed by atoms with E-state index in [-0.39, 0.29) is 6.10 Å². The molecule has 2 unspecified atom stereocenters. The monoisotopic (exact) mass is 297 g/mol. The van der Waals surface area contributed by atoms with Gasteiger partial charge in [0.1, 0.15) is 0 Å². The molecule has 1 saturated heterocycles. The van der Waals surface area contributed by atoms with Crippen molar-refractivity contribution in [3.63, 3.8) is 0 Å². The van der Waals surface area contributed by atoms with Crippen LogP contribution in [0, 0.1) is 0 Å². The molecule has 1 aromatic rings. The Bertz CT molecular complexity index is 422. The Kier molecular flexibility index (Phi) is 3.84. The third-order valence-corrected chi connectivity index (χ3v) is 3.53. The van der Waals surface area contributed by atoms with Crippen molar-refractivity contribution in [2.45, 2.75) is 26.0 Å². The van der Waals surface area contributed by atoms with Crippen LogP contribution in [0.1, 0.15) is 24.2 Å². The van der Waals surface area contributed by atoms with E-state index in [4.69, 9.17) is 4.74 Å². The minimum atomic E-state index is 0.203. The summed E-state index contributed by atoms with van der Waals surface area (Å²) in [7, 11) is 0. The van der Waals surface area contributed by atoms with Gasteiger partial charge in [-0.15, -0.1) is 0 Å². The molecule has 2 atom stereocenters. The first kappa shape index (κ1) is 12.6. The highest BCUT2D eigenvalue weighted by molar-refractivity contribution is 9.10. The first-order valence-corrected chi connectivity index (χ1v) is 6.54. The normalized spacial score (nSPS) is 24.8. The first-order chi connectivity index (χ1) is 8.11. The lowest BCUT2D eigenvalue weighted by molar-refractivity contribution is 0.0343. The summed E-state index contributed by atoms with van der Waals surface area (Å²) >= 11 is 3.39. The summed E-state index contributed by atoms with van der Waals surface area (Å²) in [6, 6.07) is 6.11. The Morgan fingerprint density at radius 2 is 2.24 bits per heavy atom. The Hall–Kier alpha value is -0.870. The van der Waals surface area contributed by atoms with Crippen LogP contribution in [0.3, 0.4) is 0 Å². The van der Waals surface area contributed by atoms with E-state index in [0.717, 1.165) is 28.6 Å². The molecule has 0 amide bonds. The van der Waals surface area contributed by atoms with Crippen LogP contribution in [0.15, 0.2) is 22.7 Å². The van der Waals surface area contributed by atoms with Crippen molar-refractivity contribution in [2.24, 2.45) is 0 Å². The molecule has 3 nitrogen and oxygen atoms in total. The van der Waals surface area contributed by atoms with Gasteiger partial charge in [0, 0.05) is 28.3 Å². The topological polar surface area (TPSA) is 29.5 Å². The summed E-state index contributed by atoms with van der Waals surface area (Å²) in [5, 5.41) is 0. The maximum absolute atomic E-state index is 11.1.